The minimum atomic E-state index is -0.116. The fraction of sp³-hybridized carbons (Fsp3) is 0.294. The lowest BCUT2D eigenvalue weighted by Crippen LogP contribution is -2.19. The quantitative estimate of drug-likeness (QED) is 0.643. The second-order valence-corrected chi connectivity index (χ2v) is 6.37. The first-order valence-electron chi connectivity index (χ1n) is 6.35. The van der Waals surface area contributed by atoms with Crippen LogP contribution in [-0.4, -0.2) is 0 Å². The van der Waals surface area contributed by atoms with Crippen molar-refractivity contribution in [3.8, 4) is 0 Å². The molecule has 100 valence electrons. The standard InChI is InChI=1S/C17H18Cl2/c1-11-5-7-13(8-6-11)17(3,4)14-9-15(18)12(2)16(19)10-14/h5-10H,1-4H3. The average molecular weight is 293 g/mol. The molecule has 0 saturated carbocycles. The first-order valence-corrected chi connectivity index (χ1v) is 7.11. The zero-order chi connectivity index (χ0) is 14.2. The summed E-state index contributed by atoms with van der Waals surface area (Å²) in [4.78, 5) is 0. The van der Waals surface area contributed by atoms with Gasteiger partial charge in [0.2, 0.25) is 0 Å². The molecule has 0 nitrogen and oxygen atoms in total. The zero-order valence-corrected chi connectivity index (χ0v) is 13.2. The van der Waals surface area contributed by atoms with E-state index in [1.165, 1.54) is 11.1 Å². The number of rotatable bonds is 2. The number of hydrogen-bond donors (Lipinski definition) is 0. The lowest BCUT2D eigenvalue weighted by molar-refractivity contribution is 0.640. The van der Waals surface area contributed by atoms with Crippen LogP contribution in [0.5, 0.6) is 0 Å². The summed E-state index contributed by atoms with van der Waals surface area (Å²) in [6.45, 7) is 8.41. The third-order valence-electron chi connectivity index (χ3n) is 3.78. The molecule has 0 fully saturated rings. The molecule has 0 aliphatic carbocycles. The van der Waals surface area contributed by atoms with Gasteiger partial charge in [-0.25, -0.2) is 0 Å². The van der Waals surface area contributed by atoms with Crippen molar-refractivity contribution in [2.75, 3.05) is 0 Å². The Morgan fingerprint density at radius 3 is 1.74 bits per heavy atom. The maximum atomic E-state index is 6.25. The molecule has 2 aromatic carbocycles. The Morgan fingerprint density at radius 2 is 1.26 bits per heavy atom. The van der Waals surface area contributed by atoms with Crippen molar-refractivity contribution in [1.29, 1.82) is 0 Å². The molecule has 19 heavy (non-hydrogen) atoms. The van der Waals surface area contributed by atoms with Crippen LogP contribution in [0.15, 0.2) is 36.4 Å². The van der Waals surface area contributed by atoms with Crippen molar-refractivity contribution in [1.82, 2.24) is 0 Å². The predicted molar refractivity (Wildman–Crippen MR) is 84.5 cm³/mol. The molecule has 0 unspecified atom stereocenters. The van der Waals surface area contributed by atoms with Crippen LogP contribution in [0.2, 0.25) is 10.0 Å². The molecule has 2 rings (SSSR count). The van der Waals surface area contributed by atoms with Crippen molar-refractivity contribution >= 4 is 23.2 Å². The van der Waals surface area contributed by atoms with Crippen LogP contribution in [0, 0.1) is 13.8 Å². The summed E-state index contributed by atoms with van der Waals surface area (Å²) in [5.41, 5.74) is 4.48. The Morgan fingerprint density at radius 1 is 0.789 bits per heavy atom. The Hall–Kier alpha value is -0.980. The highest BCUT2D eigenvalue weighted by Gasteiger charge is 2.24. The molecular weight excluding hydrogens is 275 g/mol. The average Bonchev–Trinajstić information content (AvgIpc) is 2.35. The first-order chi connectivity index (χ1) is 8.82. The monoisotopic (exact) mass is 292 g/mol. The number of benzene rings is 2. The fourth-order valence-electron chi connectivity index (χ4n) is 2.14. The second kappa shape index (κ2) is 5.19. The van der Waals surface area contributed by atoms with Crippen LogP contribution in [0.1, 0.15) is 36.1 Å². The van der Waals surface area contributed by atoms with Crippen LogP contribution in [0.3, 0.4) is 0 Å². The molecule has 0 aliphatic heterocycles. The highest BCUT2D eigenvalue weighted by molar-refractivity contribution is 6.36. The summed E-state index contributed by atoms with van der Waals surface area (Å²) in [7, 11) is 0. The van der Waals surface area contributed by atoms with Crippen molar-refractivity contribution in [2.24, 2.45) is 0 Å². The van der Waals surface area contributed by atoms with Gasteiger partial charge in [0.15, 0.2) is 0 Å². The Bertz CT molecular complexity index is 572. The van der Waals surface area contributed by atoms with E-state index in [-0.39, 0.29) is 5.41 Å². The number of halogens is 2. The fourth-order valence-corrected chi connectivity index (χ4v) is 2.63. The van der Waals surface area contributed by atoms with Crippen LogP contribution in [0.25, 0.3) is 0 Å². The van der Waals surface area contributed by atoms with Crippen LogP contribution >= 0.6 is 23.2 Å². The molecule has 0 atom stereocenters. The highest BCUT2D eigenvalue weighted by Crippen LogP contribution is 2.36. The minimum absolute atomic E-state index is 0.116. The maximum Gasteiger partial charge on any atom is 0.0453 e. The van der Waals surface area contributed by atoms with E-state index in [1.54, 1.807) is 0 Å². The predicted octanol–water partition coefficient (Wildman–Crippen LogP) is 5.94. The molecule has 0 amide bonds. The Labute approximate surface area is 125 Å². The van der Waals surface area contributed by atoms with Crippen molar-refractivity contribution in [3.63, 3.8) is 0 Å². The molecule has 0 aliphatic rings. The van der Waals surface area contributed by atoms with Gasteiger partial charge in [-0.2, -0.15) is 0 Å². The van der Waals surface area contributed by atoms with E-state index in [9.17, 15) is 0 Å². The molecule has 2 aromatic rings. The summed E-state index contributed by atoms with van der Waals surface area (Å²) in [5, 5.41) is 1.45. The van der Waals surface area contributed by atoms with Crippen molar-refractivity contribution < 1.29 is 0 Å². The smallest absolute Gasteiger partial charge is 0.0453 e. The molecule has 2 heteroatoms. The van der Waals surface area contributed by atoms with E-state index in [4.69, 9.17) is 23.2 Å². The topological polar surface area (TPSA) is 0 Å². The Kier molecular flexibility index (Phi) is 3.94. The molecule has 0 saturated heterocycles. The van der Waals surface area contributed by atoms with Crippen molar-refractivity contribution in [2.45, 2.75) is 33.1 Å². The normalized spacial score (nSPS) is 11.7. The second-order valence-electron chi connectivity index (χ2n) is 5.56. The highest BCUT2D eigenvalue weighted by atomic mass is 35.5. The SMILES string of the molecule is Cc1ccc(C(C)(C)c2cc(Cl)c(C)c(Cl)c2)cc1. The zero-order valence-electron chi connectivity index (χ0n) is 11.7. The first kappa shape index (κ1) is 14.4. The number of aryl methyl sites for hydroxylation is 1. The van der Waals surface area contributed by atoms with Gasteiger partial charge < -0.3 is 0 Å². The Balaban J connectivity index is 2.52. The number of hydrogen-bond acceptors (Lipinski definition) is 0. The van der Waals surface area contributed by atoms with Gasteiger partial charge in [-0.15, -0.1) is 0 Å². The third kappa shape index (κ3) is 2.80. The van der Waals surface area contributed by atoms with Gasteiger partial charge in [-0.1, -0.05) is 66.9 Å². The largest absolute Gasteiger partial charge is 0.0840 e. The summed E-state index contributed by atoms with van der Waals surface area (Å²) >= 11 is 12.5. The summed E-state index contributed by atoms with van der Waals surface area (Å²) in [5.74, 6) is 0. The van der Waals surface area contributed by atoms with Crippen LogP contribution < -0.4 is 0 Å². The molecule has 0 bridgehead atoms. The van der Waals surface area contributed by atoms with Crippen LogP contribution in [-0.2, 0) is 5.41 Å². The summed E-state index contributed by atoms with van der Waals surface area (Å²) in [6, 6.07) is 12.6. The van der Waals surface area contributed by atoms with Gasteiger partial charge in [-0.3, -0.25) is 0 Å². The van der Waals surface area contributed by atoms with E-state index in [0.717, 1.165) is 21.2 Å². The third-order valence-corrected chi connectivity index (χ3v) is 4.56. The van der Waals surface area contributed by atoms with E-state index in [0.29, 0.717) is 0 Å². The summed E-state index contributed by atoms with van der Waals surface area (Å²) < 4.78 is 0. The molecule has 0 radical (unpaired) electrons. The van der Waals surface area contributed by atoms with Gasteiger partial charge in [0.1, 0.15) is 0 Å². The molecule has 0 spiro atoms. The molecular formula is C17H18Cl2. The summed E-state index contributed by atoms with van der Waals surface area (Å²) in [6.07, 6.45) is 0. The lowest BCUT2D eigenvalue weighted by Gasteiger charge is -2.27. The van der Waals surface area contributed by atoms with Crippen LogP contribution in [0.4, 0.5) is 0 Å². The molecule has 0 heterocycles. The molecule has 0 aromatic heterocycles. The van der Waals surface area contributed by atoms with E-state index in [1.807, 2.05) is 19.1 Å². The van der Waals surface area contributed by atoms with E-state index < -0.39 is 0 Å². The van der Waals surface area contributed by atoms with Gasteiger partial charge >= 0.3 is 0 Å². The van der Waals surface area contributed by atoms with Gasteiger partial charge in [0.05, 0.1) is 0 Å². The van der Waals surface area contributed by atoms with E-state index in [2.05, 4.69) is 45.0 Å². The lowest BCUT2D eigenvalue weighted by atomic mass is 9.78. The van der Waals surface area contributed by atoms with Crippen molar-refractivity contribution in [3.05, 3.63) is 68.7 Å². The van der Waals surface area contributed by atoms with Gasteiger partial charge in [-0.05, 0) is 42.7 Å². The molecule has 0 N–H and O–H groups in total. The van der Waals surface area contributed by atoms with Gasteiger partial charge in [0, 0.05) is 15.5 Å². The van der Waals surface area contributed by atoms with E-state index >= 15 is 0 Å². The minimum Gasteiger partial charge on any atom is -0.0840 e. The van der Waals surface area contributed by atoms with Gasteiger partial charge in [0.25, 0.3) is 0 Å². The maximum absolute atomic E-state index is 6.25.